The van der Waals surface area contributed by atoms with Gasteiger partial charge in [0, 0.05) is 23.7 Å². The first kappa shape index (κ1) is 19.3. The van der Waals surface area contributed by atoms with Crippen molar-refractivity contribution in [1.29, 1.82) is 0 Å². The van der Waals surface area contributed by atoms with Gasteiger partial charge < -0.3 is 15.4 Å². The molecular formula is C21H21BrN2O3. The number of ether oxygens (including phenoxy) is 1. The maximum atomic E-state index is 12.5. The fourth-order valence-corrected chi connectivity index (χ4v) is 3.26. The minimum absolute atomic E-state index is 0.0722. The molecule has 1 heterocycles. The number of anilines is 1. The fraction of sp³-hybridized carbons (Fsp3) is 0.238. The molecule has 2 amide bonds. The van der Waals surface area contributed by atoms with Crippen molar-refractivity contribution in [1.82, 2.24) is 5.32 Å². The molecule has 0 saturated carbocycles. The fourth-order valence-electron chi connectivity index (χ4n) is 2.85. The highest BCUT2D eigenvalue weighted by atomic mass is 79.9. The van der Waals surface area contributed by atoms with Gasteiger partial charge in [-0.15, -0.1) is 0 Å². The molecule has 0 spiro atoms. The van der Waals surface area contributed by atoms with Gasteiger partial charge >= 0.3 is 0 Å². The highest BCUT2D eigenvalue weighted by molar-refractivity contribution is 9.10. The number of rotatable bonds is 6. The van der Waals surface area contributed by atoms with E-state index < -0.39 is 0 Å². The third kappa shape index (κ3) is 5.52. The van der Waals surface area contributed by atoms with Crippen LogP contribution in [0.4, 0.5) is 5.69 Å². The third-order valence-corrected chi connectivity index (χ3v) is 4.99. The first-order chi connectivity index (χ1) is 13.1. The van der Waals surface area contributed by atoms with E-state index in [4.69, 9.17) is 4.74 Å². The summed E-state index contributed by atoms with van der Waals surface area (Å²) in [6.07, 6.45) is 5.22. The topological polar surface area (TPSA) is 67.4 Å². The Hall–Kier alpha value is -2.44. The van der Waals surface area contributed by atoms with E-state index >= 15 is 0 Å². The molecule has 1 fully saturated rings. The predicted molar refractivity (Wildman–Crippen MR) is 110 cm³/mol. The predicted octanol–water partition coefficient (Wildman–Crippen LogP) is 4.01. The summed E-state index contributed by atoms with van der Waals surface area (Å²) in [5, 5.41) is 5.66. The van der Waals surface area contributed by atoms with Crippen LogP contribution in [0.2, 0.25) is 0 Å². The Morgan fingerprint density at radius 2 is 1.93 bits per heavy atom. The highest BCUT2D eigenvalue weighted by Crippen LogP contribution is 2.18. The van der Waals surface area contributed by atoms with E-state index in [1.54, 1.807) is 30.3 Å². The molecule has 27 heavy (non-hydrogen) atoms. The average Bonchev–Trinajstić information content (AvgIpc) is 3.19. The van der Waals surface area contributed by atoms with Crippen molar-refractivity contribution in [3.8, 4) is 0 Å². The van der Waals surface area contributed by atoms with E-state index in [2.05, 4.69) is 26.6 Å². The van der Waals surface area contributed by atoms with Crippen molar-refractivity contribution < 1.29 is 14.3 Å². The standard InChI is InChI=1S/C21H21BrN2O3/c22-18-9-3-1-6-15(18)11-12-20(25)24-19-10-4-2-8-17(19)21(26)23-14-16-7-5-13-27-16/h1-4,6,8-12,16H,5,7,13-14H2,(H,23,26)(H,24,25)/b12-11+. The Labute approximate surface area is 166 Å². The first-order valence-electron chi connectivity index (χ1n) is 8.86. The van der Waals surface area contributed by atoms with E-state index in [0.717, 1.165) is 29.5 Å². The number of hydrogen-bond acceptors (Lipinski definition) is 3. The lowest BCUT2D eigenvalue weighted by atomic mass is 10.1. The second kappa shape index (κ2) is 9.48. The first-order valence-corrected chi connectivity index (χ1v) is 9.65. The maximum Gasteiger partial charge on any atom is 0.253 e. The van der Waals surface area contributed by atoms with Crippen LogP contribution in [-0.2, 0) is 9.53 Å². The second-order valence-electron chi connectivity index (χ2n) is 6.23. The lowest BCUT2D eigenvalue weighted by Crippen LogP contribution is -2.32. The van der Waals surface area contributed by atoms with Crippen LogP contribution in [0.25, 0.3) is 6.08 Å². The molecule has 0 aromatic heterocycles. The molecule has 1 unspecified atom stereocenters. The molecule has 0 aliphatic carbocycles. The molecular weight excluding hydrogens is 408 g/mol. The van der Waals surface area contributed by atoms with Gasteiger partial charge in [-0.1, -0.05) is 46.3 Å². The zero-order chi connectivity index (χ0) is 19.1. The van der Waals surface area contributed by atoms with Crippen LogP contribution in [-0.4, -0.2) is 31.1 Å². The van der Waals surface area contributed by atoms with Crippen LogP contribution >= 0.6 is 15.9 Å². The van der Waals surface area contributed by atoms with Crippen LogP contribution in [0.1, 0.15) is 28.8 Å². The van der Waals surface area contributed by atoms with Crippen LogP contribution in [0.3, 0.4) is 0 Å². The largest absolute Gasteiger partial charge is 0.376 e. The molecule has 0 bridgehead atoms. The molecule has 1 aliphatic heterocycles. The maximum absolute atomic E-state index is 12.5. The molecule has 140 valence electrons. The van der Waals surface area contributed by atoms with Crippen LogP contribution in [0, 0.1) is 0 Å². The summed E-state index contributed by atoms with van der Waals surface area (Å²) in [4.78, 5) is 24.8. The Bertz CT molecular complexity index is 845. The quantitative estimate of drug-likeness (QED) is 0.682. The second-order valence-corrected chi connectivity index (χ2v) is 7.09. The number of amides is 2. The summed E-state index contributed by atoms with van der Waals surface area (Å²) in [6, 6.07) is 14.6. The van der Waals surface area contributed by atoms with Crippen LogP contribution < -0.4 is 10.6 Å². The highest BCUT2D eigenvalue weighted by Gasteiger charge is 2.18. The van der Waals surface area contributed by atoms with Crippen molar-refractivity contribution >= 4 is 39.5 Å². The number of hydrogen-bond donors (Lipinski definition) is 2. The zero-order valence-electron chi connectivity index (χ0n) is 14.8. The monoisotopic (exact) mass is 428 g/mol. The zero-order valence-corrected chi connectivity index (χ0v) is 16.4. The Kier molecular flexibility index (Phi) is 6.79. The summed E-state index contributed by atoms with van der Waals surface area (Å²) in [6.45, 7) is 1.22. The molecule has 3 rings (SSSR count). The molecule has 6 heteroatoms. The molecule has 1 aliphatic rings. The molecule has 1 saturated heterocycles. The van der Waals surface area contributed by atoms with Gasteiger partial charge in [0.25, 0.3) is 5.91 Å². The summed E-state index contributed by atoms with van der Waals surface area (Å²) in [7, 11) is 0. The summed E-state index contributed by atoms with van der Waals surface area (Å²) >= 11 is 3.44. The van der Waals surface area contributed by atoms with E-state index in [9.17, 15) is 9.59 Å². The van der Waals surface area contributed by atoms with Gasteiger partial charge in [0.15, 0.2) is 0 Å². The SMILES string of the molecule is O=C(/C=C/c1ccccc1Br)Nc1ccccc1C(=O)NCC1CCCO1. The minimum Gasteiger partial charge on any atom is -0.376 e. The van der Waals surface area contributed by atoms with Crippen molar-refractivity contribution in [2.24, 2.45) is 0 Å². The van der Waals surface area contributed by atoms with E-state index in [1.807, 2.05) is 24.3 Å². The average molecular weight is 429 g/mol. The molecule has 2 aromatic rings. The summed E-state index contributed by atoms with van der Waals surface area (Å²) in [5.41, 5.74) is 1.80. The van der Waals surface area contributed by atoms with Crippen molar-refractivity contribution in [3.63, 3.8) is 0 Å². The number of halogens is 1. The van der Waals surface area contributed by atoms with Gasteiger partial charge in [0.1, 0.15) is 0 Å². The number of benzene rings is 2. The lowest BCUT2D eigenvalue weighted by Gasteiger charge is -2.13. The molecule has 2 N–H and O–H groups in total. The normalized spacial score (nSPS) is 16.4. The van der Waals surface area contributed by atoms with Gasteiger partial charge in [-0.2, -0.15) is 0 Å². The van der Waals surface area contributed by atoms with E-state index in [1.165, 1.54) is 6.08 Å². The Balaban J connectivity index is 1.63. The number of para-hydroxylation sites is 1. The van der Waals surface area contributed by atoms with E-state index in [-0.39, 0.29) is 17.9 Å². The van der Waals surface area contributed by atoms with Crippen molar-refractivity contribution in [3.05, 3.63) is 70.2 Å². The molecule has 5 nitrogen and oxygen atoms in total. The third-order valence-electron chi connectivity index (χ3n) is 4.26. The lowest BCUT2D eigenvalue weighted by molar-refractivity contribution is -0.111. The van der Waals surface area contributed by atoms with Crippen LogP contribution in [0.15, 0.2) is 59.1 Å². The van der Waals surface area contributed by atoms with Gasteiger partial charge in [-0.3, -0.25) is 9.59 Å². The van der Waals surface area contributed by atoms with E-state index in [0.29, 0.717) is 17.8 Å². The van der Waals surface area contributed by atoms with Gasteiger partial charge in [0.2, 0.25) is 5.91 Å². The van der Waals surface area contributed by atoms with Crippen molar-refractivity contribution in [2.45, 2.75) is 18.9 Å². The number of carbonyl (C=O) groups excluding carboxylic acids is 2. The number of nitrogens with one attached hydrogen (secondary N) is 2. The minimum atomic E-state index is -0.301. The Morgan fingerprint density at radius 1 is 1.15 bits per heavy atom. The molecule has 2 aromatic carbocycles. The summed E-state index contributed by atoms with van der Waals surface area (Å²) < 4.78 is 6.43. The molecule has 1 atom stereocenters. The smallest absolute Gasteiger partial charge is 0.253 e. The molecule has 0 radical (unpaired) electrons. The van der Waals surface area contributed by atoms with Gasteiger partial charge in [-0.25, -0.2) is 0 Å². The van der Waals surface area contributed by atoms with Gasteiger partial charge in [0.05, 0.1) is 17.4 Å². The van der Waals surface area contributed by atoms with Crippen molar-refractivity contribution in [2.75, 3.05) is 18.5 Å². The summed E-state index contributed by atoms with van der Waals surface area (Å²) in [5.74, 6) is -0.527. The van der Waals surface area contributed by atoms with Crippen LogP contribution in [0.5, 0.6) is 0 Å². The Morgan fingerprint density at radius 3 is 2.70 bits per heavy atom. The number of carbonyl (C=O) groups is 2. The van der Waals surface area contributed by atoms with Gasteiger partial charge in [-0.05, 0) is 42.7 Å².